The Morgan fingerprint density at radius 1 is 0.692 bits per heavy atom. The Labute approximate surface area is 164 Å². The van der Waals surface area contributed by atoms with Crippen molar-refractivity contribution in [3.05, 3.63) is 0 Å². The molecular formula is C25H45N. The van der Waals surface area contributed by atoms with Crippen LogP contribution in [0.5, 0.6) is 0 Å². The molecule has 0 aromatic heterocycles. The summed E-state index contributed by atoms with van der Waals surface area (Å²) in [7, 11) is 0. The zero-order chi connectivity index (χ0) is 18.7. The van der Waals surface area contributed by atoms with Crippen LogP contribution < -0.4 is 0 Å². The van der Waals surface area contributed by atoms with Crippen molar-refractivity contribution < 1.29 is 0 Å². The number of unbranched alkanes of at least 4 members (excludes halogenated alkanes) is 4. The largest absolute Gasteiger partial charge is 0.198 e. The highest BCUT2D eigenvalue weighted by Gasteiger charge is 2.35. The van der Waals surface area contributed by atoms with Crippen LogP contribution in [0.15, 0.2) is 0 Å². The molecule has 0 saturated heterocycles. The Kier molecular flexibility index (Phi) is 10.1. The standard InChI is InChI=1S/C25H45N/c1-3-5-7-8-9-22-10-12-23(13-11-22)14-15-24-16-19-25(21-26,20-17-24)18-6-4-2/h22-24H,3-20H2,1-2H3/t22-,23-,24-,25-. The average Bonchev–Trinajstić information content (AvgIpc) is 2.70. The Hall–Kier alpha value is -0.510. The van der Waals surface area contributed by atoms with Crippen LogP contribution in [-0.4, -0.2) is 0 Å². The van der Waals surface area contributed by atoms with Crippen LogP contribution in [0, 0.1) is 34.5 Å². The third-order valence-corrected chi connectivity index (χ3v) is 7.72. The second-order valence-electron chi connectivity index (χ2n) is 9.75. The molecule has 0 unspecified atom stereocenters. The molecule has 0 heterocycles. The molecule has 26 heavy (non-hydrogen) atoms. The van der Waals surface area contributed by atoms with E-state index in [1.165, 1.54) is 109 Å². The van der Waals surface area contributed by atoms with Gasteiger partial charge in [0.15, 0.2) is 0 Å². The van der Waals surface area contributed by atoms with Gasteiger partial charge in [-0.2, -0.15) is 5.26 Å². The van der Waals surface area contributed by atoms with Gasteiger partial charge in [0.2, 0.25) is 0 Å². The smallest absolute Gasteiger partial charge is 0.0689 e. The second-order valence-corrected chi connectivity index (χ2v) is 9.75. The van der Waals surface area contributed by atoms with E-state index in [-0.39, 0.29) is 5.41 Å². The monoisotopic (exact) mass is 359 g/mol. The van der Waals surface area contributed by atoms with E-state index < -0.39 is 0 Å². The summed E-state index contributed by atoms with van der Waals surface area (Å²) in [6.45, 7) is 4.56. The van der Waals surface area contributed by atoms with Crippen molar-refractivity contribution in [1.82, 2.24) is 0 Å². The molecule has 0 aromatic carbocycles. The molecule has 0 N–H and O–H groups in total. The van der Waals surface area contributed by atoms with Gasteiger partial charge in [-0.1, -0.05) is 97.3 Å². The second kappa shape index (κ2) is 12.0. The highest BCUT2D eigenvalue weighted by Crippen LogP contribution is 2.44. The number of nitriles is 1. The lowest BCUT2D eigenvalue weighted by Gasteiger charge is -2.36. The molecule has 0 aromatic rings. The minimum atomic E-state index is 0.0440. The molecule has 1 nitrogen and oxygen atoms in total. The van der Waals surface area contributed by atoms with Crippen molar-refractivity contribution in [3.63, 3.8) is 0 Å². The fraction of sp³-hybridized carbons (Fsp3) is 0.960. The molecule has 2 aliphatic carbocycles. The molecule has 2 rings (SSSR count). The topological polar surface area (TPSA) is 23.8 Å². The van der Waals surface area contributed by atoms with E-state index in [1.54, 1.807) is 0 Å². The van der Waals surface area contributed by atoms with E-state index in [1.807, 2.05) is 0 Å². The highest BCUT2D eigenvalue weighted by atomic mass is 14.4. The predicted octanol–water partition coefficient (Wildman–Crippen LogP) is 8.43. The fourth-order valence-electron chi connectivity index (χ4n) is 5.59. The van der Waals surface area contributed by atoms with Crippen molar-refractivity contribution >= 4 is 0 Å². The van der Waals surface area contributed by atoms with Crippen LogP contribution >= 0.6 is 0 Å². The van der Waals surface area contributed by atoms with Crippen LogP contribution in [-0.2, 0) is 0 Å². The van der Waals surface area contributed by atoms with E-state index in [2.05, 4.69) is 19.9 Å². The lowest BCUT2D eigenvalue weighted by atomic mass is 9.67. The first kappa shape index (κ1) is 21.8. The summed E-state index contributed by atoms with van der Waals surface area (Å²) in [6, 6.07) is 2.71. The van der Waals surface area contributed by atoms with Gasteiger partial charge < -0.3 is 0 Å². The van der Waals surface area contributed by atoms with E-state index >= 15 is 0 Å². The molecular weight excluding hydrogens is 314 g/mol. The molecule has 0 spiro atoms. The zero-order valence-corrected chi connectivity index (χ0v) is 17.9. The van der Waals surface area contributed by atoms with Gasteiger partial charge in [-0.15, -0.1) is 0 Å². The zero-order valence-electron chi connectivity index (χ0n) is 17.9. The van der Waals surface area contributed by atoms with Crippen LogP contribution in [0.2, 0.25) is 0 Å². The summed E-state index contributed by atoms with van der Waals surface area (Å²) in [6.07, 6.45) is 24.8. The lowest BCUT2D eigenvalue weighted by molar-refractivity contribution is 0.171. The molecule has 2 saturated carbocycles. The Morgan fingerprint density at radius 3 is 1.77 bits per heavy atom. The fourth-order valence-corrected chi connectivity index (χ4v) is 5.59. The van der Waals surface area contributed by atoms with Crippen LogP contribution in [0.4, 0.5) is 0 Å². The van der Waals surface area contributed by atoms with Gasteiger partial charge in [-0.3, -0.25) is 0 Å². The number of nitrogens with zero attached hydrogens (tertiary/aromatic N) is 1. The van der Waals surface area contributed by atoms with Crippen LogP contribution in [0.25, 0.3) is 0 Å². The maximum absolute atomic E-state index is 9.65. The molecule has 0 amide bonds. The van der Waals surface area contributed by atoms with Gasteiger partial charge >= 0.3 is 0 Å². The Morgan fingerprint density at radius 2 is 1.23 bits per heavy atom. The van der Waals surface area contributed by atoms with Gasteiger partial charge in [0.05, 0.1) is 11.5 Å². The van der Waals surface area contributed by atoms with E-state index in [0.717, 1.165) is 24.2 Å². The van der Waals surface area contributed by atoms with Gasteiger partial charge in [0.1, 0.15) is 0 Å². The normalized spacial score (nSPS) is 32.3. The molecule has 0 bridgehead atoms. The van der Waals surface area contributed by atoms with Crippen molar-refractivity contribution in [2.24, 2.45) is 23.2 Å². The summed E-state index contributed by atoms with van der Waals surface area (Å²) in [4.78, 5) is 0. The highest BCUT2D eigenvalue weighted by molar-refractivity contribution is 5.01. The maximum Gasteiger partial charge on any atom is 0.0689 e. The van der Waals surface area contributed by atoms with Crippen molar-refractivity contribution in [2.75, 3.05) is 0 Å². The van der Waals surface area contributed by atoms with Gasteiger partial charge in [-0.25, -0.2) is 0 Å². The minimum Gasteiger partial charge on any atom is -0.198 e. The molecule has 0 radical (unpaired) electrons. The van der Waals surface area contributed by atoms with Crippen molar-refractivity contribution in [2.45, 2.75) is 129 Å². The third kappa shape index (κ3) is 7.25. The average molecular weight is 360 g/mol. The maximum atomic E-state index is 9.65. The Bertz CT molecular complexity index is 391. The third-order valence-electron chi connectivity index (χ3n) is 7.72. The van der Waals surface area contributed by atoms with Crippen molar-refractivity contribution in [3.8, 4) is 6.07 Å². The number of rotatable bonds is 11. The molecule has 2 fully saturated rings. The van der Waals surface area contributed by atoms with Crippen LogP contribution in [0.1, 0.15) is 129 Å². The molecule has 2 aliphatic rings. The summed E-state index contributed by atoms with van der Waals surface area (Å²) in [5.41, 5.74) is 0.0440. The summed E-state index contributed by atoms with van der Waals surface area (Å²) in [5.74, 6) is 2.99. The summed E-state index contributed by atoms with van der Waals surface area (Å²) < 4.78 is 0. The lowest BCUT2D eigenvalue weighted by Crippen LogP contribution is -2.26. The first-order valence-corrected chi connectivity index (χ1v) is 12.1. The van der Waals surface area contributed by atoms with Gasteiger partial charge in [-0.05, 0) is 49.9 Å². The number of hydrogen-bond acceptors (Lipinski definition) is 1. The predicted molar refractivity (Wildman–Crippen MR) is 113 cm³/mol. The van der Waals surface area contributed by atoms with Gasteiger partial charge in [0.25, 0.3) is 0 Å². The van der Waals surface area contributed by atoms with E-state index in [9.17, 15) is 5.26 Å². The SMILES string of the molecule is CCCCCC[C@H]1CC[C@H](CC[C@H]2CC[C@@](C#N)(CCCC)CC2)CC1. The first-order chi connectivity index (χ1) is 12.7. The van der Waals surface area contributed by atoms with Gasteiger partial charge in [0, 0.05) is 0 Å². The van der Waals surface area contributed by atoms with E-state index in [0.29, 0.717) is 0 Å². The van der Waals surface area contributed by atoms with Crippen molar-refractivity contribution in [1.29, 1.82) is 5.26 Å². The summed E-state index contributed by atoms with van der Waals surface area (Å²) >= 11 is 0. The Balaban J connectivity index is 1.57. The summed E-state index contributed by atoms with van der Waals surface area (Å²) in [5, 5.41) is 9.65. The number of hydrogen-bond donors (Lipinski definition) is 0. The van der Waals surface area contributed by atoms with Crippen LogP contribution in [0.3, 0.4) is 0 Å². The minimum absolute atomic E-state index is 0.0440. The molecule has 0 atom stereocenters. The molecule has 0 aliphatic heterocycles. The first-order valence-electron chi connectivity index (χ1n) is 12.1. The quantitative estimate of drug-likeness (QED) is 0.339. The van der Waals surface area contributed by atoms with E-state index in [4.69, 9.17) is 0 Å². The molecule has 150 valence electrons. The molecule has 1 heteroatoms.